The Hall–Kier alpha value is -6.84. The van der Waals surface area contributed by atoms with E-state index >= 15 is 0 Å². The summed E-state index contributed by atoms with van der Waals surface area (Å²) in [5.74, 6) is 0.377. The van der Waals surface area contributed by atoms with Gasteiger partial charge in [0.25, 0.3) is 0 Å². The number of rotatable bonds is 8. The Morgan fingerprint density at radius 3 is 1.47 bits per heavy atom. The van der Waals surface area contributed by atoms with Crippen molar-refractivity contribution >= 4 is 55.9 Å². The van der Waals surface area contributed by atoms with Crippen LogP contribution in [0.4, 0.5) is 34.1 Å². The predicted octanol–water partition coefficient (Wildman–Crippen LogP) is 15.0. The second-order valence-corrected chi connectivity index (χ2v) is 16.7. The molecule has 8 aromatic carbocycles. The van der Waals surface area contributed by atoms with Crippen LogP contribution in [-0.4, -0.2) is 4.57 Å². The van der Waals surface area contributed by atoms with Gasteiger partial charge >= 0.3 is 0 Å². The molecule has 0 bridgehead atoms. The van der Waals surface area contributed by atoms with Crippen LogP contribution in [-0.2, 0) is 18.3 Å². The van der Waals surface area contributed by atoms with Crippen molar-refractivity contribution < 1.29 is 0 Å². The predicted molar refractivity (Wildman–Crippen MR) is 248 cm³/mol. The molecule has 0 N–H and O–H groups in total. The third-order valence-corrected chi connectivity index (χ3v) is 13.1. The van der Waals surface area contributed by atoms with Crippen LogP contribution in [0.1, 0.15) is 60.4 Å². The summed E-state index contributed by atoms with van der Waals surface area (Å²) >= 11 is 0. The van der Waals surface area contributed by atoms with Crippen LogP contribution in [0, 0.1) is 0 Å². The molecule has 0 saturated carbocycles. The first-order chi connectivity index (χ1) is 29.1. The molecular formula is C56H47N3. The van der Waals surface area contributed by atoms with Crippen LogP contribution in [0.15, 0.2) is 194 Å². The Kier molecular flexibility index (Phi) is 8.51. The molecule has 11 rings (SSSR count). The minimum absolute atomic E-state index is 0.148. The molecule has 2 aliphatic rings. The zero-order valence-corrected chi connectivity index (χ0v) is 33.7. The fraction of sp³-hybridized carbons (Fsp3) is 0.143. The summed E-state index contributed by atoms with van der Waals surface area (Å²) in [5, 5.41) is 2.62. The topological polar surface area (TPSA) is 11.4 Å². The van der Waals surface area contributed by atoms with Gasteiger partial charge in [0.1, 0.15) is 0 Å². The lowest BCUT2D eigenvalue weighted by Crippen LogP contribution is -2.27. The number of fused-ring (bicyclic) bond motifs is 7. The first-order valence-electron chi connectivity index (χ1n) is 21.2. The van der Waals surface area contributed by atoms with Gasteiger partial charge in [-0.25, -0.2) is 0 Å². The van der Waals surface area contributed by atoms with Crippen molar-refractivity contribution in [3.63, 3.8) is 0 Å². The fourth-order valence-electron chi connectivity index (χ4n) is 10.7. The lowest BCUT2D eigenvalue weighted by Gasteiger charge is -2.37. The van der Waals surface area contributed by atoms with Crippen LogP contribution >= 0.6 is 0 Å². The van der Waals surface area contributed by atoms with Crippen LogP contribution in [0.2, 0.25) is 0 Å². The molecule has 0 fully saturated rings. The smallest absolute Gasteiger partial charge is 0.0543 e. The molecule has 3 heteroatoms. The third kappa shape index (κ3) is 5.63. The van der Waals surface area contributed by atoms with E-state index in [0.717, 1.165) is 25.7 Å². The number of anilines is 6. The normalized spacial score (nSPS) is 15.6. The second kappa shape index (κ2) is 14.2. The van der Waals surface area contributed by atoms with Gasteiger partial charge in [-0.05, 0) is 144 Å². The summed E-state index contributed by atoms with van der Waals surface area (Å²) in [6, 6.07) is 71.8. The lowest BCUT2D eigenvalue weighted by atomic mass is 9.74. The Bertz CT molecular complexity index is 2920. The highest BCUT2D eigenvalue weighted by Gasteiger charge is 2.49. The van der Waals surface area contributed by atoms with Gasteiger partial charge in [-0.1, -0.05) is 123 Å². The highest BCUT2D eigenvalue weighted by Crippen LogP contribution is 2.60. The van der Waals surface area contributed by atoms with Crippen LogP contribution in [0.3, 0.4) is 0 Å². The maximum Gasteiger partial charge on any atom is 0.0543 e. The summed E-state index contributed by atoms with van der Waals surface area (Å²) in [5.41, 5.74) is 18.0. The average Bonchev–Trinajstić information content (AvgIpc) is 3.97. The van der Waals surface area contributed by atoms with Crippen LogP contribution < -0.4 is 9.80 Å². The van der Waals surface area contributed by atoms with E-state index in [1.807, 2.05) is 0 Å². The van der Waals surface area contributed by atoms with Gasteiger partial charge in [0.15, 0.2) is 0 Å². The summed E-state index contributed by atoms with van der Waals surface area (Å²) in [4.78, 5) is 5.05. The number of para-hydroxylation sites is 4. The Balaban J connectivity index is 1.15. The quantitative estimate of drug-likeness (QED) is 0.153. The molecular weight excluding hydrogens is 715 g/mol. The molecule has 0 aliphatic heterocycles. The number of benzene rings is 8. The minimum Gasteiger partial charge on any atom is -0.310 e. The van der Waals surface area contributed by atoms with Crippen molar-refractivity contribution in [2.24, 2.45) is 0 Å². The molecule has 9 aromatic rings. The van der Waals surface area contributed by atoms with Crippen LogP contribution in [0.25, 0.3) is 27.5 Å². The van der Waals surface area contributed by atoms with Gasteiger partial charge in [-0.3, -0.25) is 0 Å². The molecule has 1 spiro atoms. The van der Waals surface area contributed by atoms with Crippen molar-refractivity contribution in [3.05, 3.63) is 222 Å². The summed E-state index contributed by atoms with van der Waals surface area (Å²) in [6.45, 7) is 4.63. The van der Waals surface area contributed by atoms with Gasteiger partial charge in [0, 0.05) is 44.6 Å². The minimum atomic E-state index is -0.148. The molecule has 0 amide bonds. The van der Waals surface area contributed by atoms with E-state index < -0.39 is 0 Å². The molecule has 1 heterocycles. The maximum absolute atomic E-state index is 2.56. The fourth-order valence-corrected chi connectivity index (χ4v) is 10.7. The molecule has 286 valence electrons. The van der Waals surface area contributed by atoms with E-state index in [1.165, 1.54) is 89.4 Å². The van der Waals surface area contributed by atoms with Crippen molar-refractivity contribution in [1.82, 2.24) is 4.57 Å². The lowest BCUT2D eigenvalue weighted by molar-refractivity contribution is 0.508. The van der Waals surface area contributed by atoms with E-state index in [1.54, 1.807) is 0 Å². The van der Waals surface area contributed by atoms with Gasteiger partial charge < -0.3 is 14.4 Å². The average molecular weight is 762 g/mol. The van der Waals surface area contributed by atoms with E-state index in [0.29, 0.717) is 5.92 Å². The van der Waals surface area contributed by atoms with Crippen molar-refractivity contribution in [1.29, 1.82) is 0 Å². The Morgan fingerprint density at radius 2 is 0.949 bits per heavy atom. The third-order valence-electron chi connectivity index (χ3n) is 13.1. The zero-order valence-electron chi connectivity index (χ0n) is 33.7. The van der Waals surface area contributed by atoms with Crippen molar-refractivity contribution in [2.45, 2.75) is 50.9 Å². The zero-order chi connectivity index (χ0) is 39.5. The SMILES string of the molecule is CC(C)c1cccc2c1c1cc(N(c3ccccc3)c3cccc4c3[C@]3(CCc5cccc(N(c6ccccc6)c6ccccc6)c53)CC4)ccc1n2-c1ccccc1. The maximum atomic E-state index is 2.56. The molecule has 0 unspecified atom stereocenters. The monoisotopic (exact) mass is 761 g/mol. The van der Waals surface area contributed by atoms with Crippen molar-refractivity contribution in [2.75, 3.05) is 9.80 Å². The van der Waals surface area contributed by atoms with Crippen LogP contribution in [0.5, 0.6) is 0 Å². The van der Waals surface area contributed by atoms with E-state index in [9.17, 15) is 0 Å². The van der Waals surface area contributed by atoms with Gasteiger partial charge in [-0.2, -0.15) is 0 Å². The van der Waals surface area contributed by atoms with Gasteiger partial charge in [0.05, 0.1) is 22.4 Å². The Morgan fingerprint density at radius 1 is 0.458 bits per heavy atom. The molecule has 0 radical (unpaired) electrons. The van der Waals surface area contributed by atoms with Crippen molar-refractivity contribution in [3.8, 4) is 5.69 Å². The number of aryl methyl sites for hydroxylation is 2. The molecule has 1 aromatic heterocycles. The molecule has 0 saturated heterocycles. The standard InChI is InChI=1S/C56H47N3/c1-39(2)47-28-17-29-50-53(47)48-38-46(32-33-49(48)59(50)45-26-13-6-14-27-45)58(44-24-11-5-12-25-44)52-31-16-19-41-35-37-56(55(41)52)36-34-40-18-15-30-51(54(40)56)57(42-20-7-3-8-21-42)43-22-9-4-10-23-43/h3-33,38-39H,34-37H2,1-2H3/t56-/m1/s1. The highest BCUT2D eigenvalue weighted by molar-refractivity contribution is 6.12. The second-order valence-electron chi connectivity index (χ2n) is 16.7. The van der Waals surface area contributed by atoms with E-state index in [-0.39, 0.29) is 5.41 Å². The highest BCUT2D eigenvalue weighted by atomic mass is 15.2. The van der Waals surface area contributed by atoms with E-state index in [4.69, 9.17) is 0 Å². The number of nitrogens with zero attached hydrogens (tertiary/aromatic N) is 3. The summed E-state index contributed by atoms with van der Waals surface area (Å²) in [7, 11) is 0. The number of aromatic nitrogens is 1. The molecule has 1 atom stereocenters. The first-order valence-corrected chi connectivity index (χ1v) is 21.2. The first kappa shape index (κ1) is 35.3. The molecule has 3 nitrogen and oxygen atoms in total. The Labute approximate surface area is 347 Å². The van der Waals surface area contributed by atoms with Gasteiger partial charge in [-0.15, -0.1) is 0 Å². The van der Waals surface area contributed by atoms with E-state index in [2.05, 4.69) is 222 Å². The molecule has 2 aliphatic carbocycles. The largest absolute Gasteiger partial charge is 0.310 e. The number of hydrogen-bond acceptors (Lipinski definition) is 2. The molecule has 59 heavy (non-hydrogen) atoms. The summed E-state index contributed by atoms with van der Waals surface area (Å²) < 4.78 is 2.45. The summed E-state index contributed by atoms with van der Waals surface area (Å²) in [6.07, 6.45) is 4.29. The van der Waals surface area contributed by atoms with Gasteiger partial charge in [0.2, 0.25) is 0 Å². The number of hydrogen-bond donors (Lipinski definition) is 0.